The number of aromatic nitrogens is 1. The van der Waals surface area contributed by atoms with Crippen LogP contribution in [0.4, 0.5) is 0 Å². The van der Waals surface area contributed by atoms with Crippen molar-refractivity contribution >= 4 is 11.8 Å². The zero-order valence-corrected chi connectivity index (χ0v) is 17.0. The standard InChI is InChI=1S/C25H25N3O2/c1-17-2-5-22(25(30)28-16-19-10-12-26-13-11-19)14-23(17)20-6-8-21(9-7-20)24(29)27-15-18-3-4-18/h2,5-14,18H,3-4,15-16H2,1H3,(H,27,29)(H,28,30). The molecule has 2 aromatic carbocycles. The summed E-state index contributed by atoms with van der Waals surface area (Å²) in [6, 6.07) is 17.0. The van der Waals surface area contributed by atoms with Crippen LogP contribution in [-0.4, -0.2) is 23.3 Å². The van der Waals surface area contributed by atoms with E-state index in [0.717, 1.165) is 28.8 Å². The first-order chi connectivity index (χ1) is 14.6. The van der Waals surface area contributed by atoms with Crippen LogP contribution in [0.25, 0.3) is 11.1 Å². The third-order valence-corrected chi connectivity index (χ3v) is 5.41. The molecule has 0 atom stereocenters. The summed E-state index contributed by atoms with van der Waals surface area (Å²) in [6.45, 7) is 3.23. The van der Waals surface area contributed by atoms with Gasteiger partial charge in [-0.1, -0.05) is 18.2 Å². The molecule has 2 N–H and O–H groups in total. The Labute approximate surface area is 176 Å². The lowest BCUT2D eigenvalue weighted by molar-refractivity contribution is 0.0943. The van der Waals surface area contributed by atoms with Gasteiger partial charge in [-0.05, 0) is 84.3 Å². The summed E-state index contributed by atoms with van der Waals surface area (Å²) >= 11 is 0. The molecule has 2 amide bonds. The summed E-state index contributed by atoms with van der Waals surface area (Å²) in [5.41, 5.74) is 5.30. The van der Waals surface area contributed by atoms with Crippen molar-refractivity contribution in [1.29, 1.82) is 0 Å². The number of hydrogen-bond acceptors (Lipinski definition) is 3. The van der Waals surface area contributed by atoms with E-state index in [1.54, 1.807) is 12.4 Å². The predicted molar refractivity (Wildman–Crippen MR) is 117 cm³/mol. The topological polar surface area (TPSA) is 71.1 Å². The minimum absolute atomic E-state index is 0.0330. The van der Waals surface area contributed by atoms with Crippen molar-refractivity contribution in [2.45, 2.75) is 26.3 Å². The molecule has 1 aliphatic carbocycles. The van der Waals surface area contributed by atoms with E-state index in [9.17, 15) is 9.59 Å². The number of hydrogen-bond donors (Lipinski definition) is 2. The van der Waals surface area contributed by atoms with Gasteiger partial charge in [0.05, 0.1) is 0 Å². The fourth-order valence-electron chi connectivity index (χ4n) is 3.32. The molecule has 1 saturated carbocycles. The van der Waals surface area contributed by atoms with E-state index in [0.29, 0.717) is 23.6 Å². The first-order valence-corrected chi connectivity index (χ1v) is 10.3. The Morgan fingerprint density at radius 1 is 0.900 bits per heavy atom. The van der Waals surface area contributed by atoms with Crippen LogP contribution >= 0.6 is 0 Å². The molecule has 30 heavy (non-hydrogen) atoms. The maximum atomic E-state index is 12.6. The summed E-state index contributed by atoms with van der Waals surface area (Å²) in [4.78, 5) is 28.9. The maximum Gasteiger partial charge on any atom is 0.251 e. The second kappa shape index (κ2) is 8.91. The lowest BCUT2D eigenvalue weighted by Gasteiger charge is -2.11. The molecule has 1 aliphatic rings. The van der Waals surface area contributed by atoms with Crippen LogP contribution in [0, 0.1) is 12.8 Å². The van der Waals surface area contributed by atoms with E-state index < -0.39 is 0 Å². The Morgan fingerprint density at radius 2 is 1.57 bits per heavy atom. The van der Waals surface area contributed by atoms with E-state index in [1.807, 2.05) is 61.5 Å². The number of carbonyl (C=O) groups is 2. The molecule has 0 radical (unpaired) electrons. The molecule has 0 unspecified atom stereocenters. The van der Waals surface area contributed by atoms with Crippen LogP contribution in [0.2, 0.25) is 0 Å². The molecule has 1 fully saturated rings. The molecular formula is C25H25N3O2. The van der Waals surface area contributed by atoms with E-state index >= 15 is 0 Å². The molecule has 1 aromatic heterocycles. The van der Waals surface area contributed by atoms with Gasteiger partial charge in [-0.15, -0.1) is 0 Å². The summed E-state index contributed by atoms with van der Waals surface area (Å²) in [7, 11) is 0. The van der Waals surface area contributed by atoms with Crippen molar-refractivity contribution in [1.82, 2.24) is 15.6 Å². The first kappa shape index (κ1) is 19.8. The minimum Gasteiger partial charge on any atom is -0.352 e. The van der Waals surface area contributed by atoms with Crippen molar-refractivity contribution in [3.05, 3.63) is 89.2 Å². The Kier molecular flexibility index (Phi) is 5.89. The maximum absolute atomic E-state index is 12.6. The number of benzene rings is 2. The highest BCUT2D eigenvalue weighted by atomic mass is 16.2. The average molecular weight is 399 g/mol. The van der Waals surface area contributed by atoms with Crippen molar-refractivity contribution in [2.75, 3.05) is 6.54 Å². The number of nitrogens with one attached hydrogen (secondary N) is 2. The third-order valence-electron chi connectivity index (χ3n) is 5.41. The largest absolute Gasteiger partial charge is 0.352 e. The number of pyridine rings is 1. The van der Waals surface area contributed by atoms with Crippen molar-refractivity contribution in [3.8, 4) is 11.1 Å². The van der Waals surface area contributed by atoms with Gasteiger partial charge in [0.25, 0.3) is 11.8 Å². The molecular weight excluding hydrogens is 374 g/mol. The van der Waals surface area contributed by atoms with Crippen molar-refractivity contribution in [3.63, 3.8) is 0 Å². The third kappa shape index (κ3) is 4.92. The van der Waals surface area contributed by atoms with Gasteiger partial charge in [0, 0.05) is 36.6 Å². The summed E-state index contributed by atoms with van der Waals surface area (Å²) in [5, 5.41) is 5.93. The lowest BCUT2D eigenvalue weighted by Crippen LogP contribution is -2.25. The number of rotatable bonds is 7. The van der Waals surface area contributed by atoms with E-state index in [1.165, 1.54) is 12.8 Å². The molecule has 0 saturated heterocycles. The van der Waals surface area contributed by atoms with Crippen LogP contribution in [0.15, 0.2) is 67.0 Å². The number of nitrogens with zero attached hydrogens (tertiary/aromatic N) is 1. The molecule has 0 bridgehead atoms. The molecule has 0 spiro atoms. The van der Waals surface area contributed by atoms with Gasteiger partial charge in [-0.3, -0.25) is 14.6 Å². The van der Waals surface area contributed by atoms with Gasteiger partial charge in [-0.2, -0.15) is 0 Å². The van der Waals surface area contributed by atoms with Crippen molar-refractivity contribution < 1.29 is 9.59 Å². The summed E-state index contributed by atoms with van der Waals surface area (Å²) < 4.78 is 0. The highest BCUT2D eigenvalue weighted by Gasteiger charge is 2.21. The fourth-order valence-corrected chi connectivity index (χ4v) is 3.32. The van der Waals surface area contributed by atoms with Gasteiger partial charge < -0.3 is 10.6 Å². The highest BCUT2D eigenvalue weighted by Crippen LogP contribution is 2.28. The summed E-state index contributed by atoms with van der Waals surface area (Å²) in [6.07, 6.45) is 5.85. The molecule has 152 valence electrons. The SMILES string of the molecule is Cc1ccc(C(=O)NCc2ccncc2)cc1-c1ccc(C(=O)NCC2CC2)cc1. The normalized spacial score (nSPS) is 13.0. The Hall–Kier alpha value is -3.47. The van der Waals surface area contributed by atoms with Crippen LogP contribution in [-0.2, 0) is 6.54 Å². The first-order valence-electron chi connectivity index (χ1n) is 10.3. The van der Waals surface area contributed by atoms with Gasteiger partial charge in [-0.25, -0.2) is 0 Å². The Bertz CT molecular complexity index is 1040. The smallest absolute Gasteiger partial charge is 0.251 e. The van der Waals surface area contributed by atoms with Gasteiger partial charge in [0.1, 0.15) is 0 Å². The molecule has 1 heterocycles. The van der Waals surface area contributed by atoms with Crippen molar-refractivity contribution in [2.24, 2.45) is 5.92 Å². The van der Waals surface area contributed by atoms with Crippen LogP contribution in [0.1, 0.15) is 44.7 Å². The Morgan fingerprint density at radius 3 is 2.27 bits per heavy atom. The zero-order valence-electron chi connectivity index (χ0n) is 17.0. The monoisotopic (exact) mass is 399 g/mol. The number of carbonyl (C=O) groups excluding carboxylic acids is 2. The number of amides is 2. The number of aryl methyl sites for hydroxylation is 1. The molecule has 5 nitrogen and oxygen atoms in total. The molecule has 4 rings (SSSR count). The second-order valence-electron chi connectivity index (χ2n) is 7.80. The van der Waals surface area contributed by atoms with Gasteiger partial charge in [0.2, 0.25) is 0 Å². The highest BCUT2D eigenvalue weighted by molar-refractivity contribution is 5.96. The van der Waals surface area contributed by atoms with Crippen LogP contribution < -0.4 is 10.6 Å². The lowest BCUT2D eigenvalue weighted by atomic mass is 9.97. The van der Waals surface area contributed by atoms with Crippen LogP contribution in [0.5, 0.6) is 0 Å². The minimum atomic E-state index is -0.121. The Balaban J connectivity index is 1.45. The summed E-state index contributed by atoms with van der Waals surface area (Å²) in [5.74, 6) is 0.502. The second-order valence-corrected chi connectivity index (χ2v) is 7.80. The van der Waals surface area contributed by atoms with Gasteiger partial charge in [0.15, 0.2) is 0 Å². The molecule has 5 heteroatoms. The predicted octanol–water partition coefficient (Wildman–Crippen LogP) is 4.13. The molecule has 3 aromatic rings. The van der Waals surface area contributed by atoms with E-state index in [-0.39, 0.29) is 11.8 Å². The quantitative estimate of drug-likeness (QED) is 0.628. The average Bonchev–Trinajstić information content (AvgIpc) is 3.61. The van der Waals surface area contributed by atoms with E-state index in [2.05, 4.69) is 15.6 Å². The van der Waals surface area contributed by atoms with E-state index in [4.69, 9.17) is 0 Å². The zero-order chi connectivity index (χ0) is 20.9. The van der Waals surface area contributed by atoms with Gasteiger partial charge >= 0.3 is 0 Å². The fraction of sp³-hybridized carbons (Fsp3) is 0.240. The molecule has 0 aliphatic heterocycles. The van der Waals surface area contributed by atoms with Crippen LogP contribution in [0.3, 0.4) is 0 Å².